The summed E-state index contributed by atoms with van der Waals surface area (Å²) in [6.07, 6.45) is 9.17. The molecule has 2 saturated heterocycles. The maximum absolute atomic E-state index is 12.0. The van der Waals surface area contributed by atoms with E-state index in [4.69, 9.17) is 0 Å². The summed E-state index contributed by atoms with van der Waals surface area (Å²) >= 11 is 0. The summed E-state index contributed by atoms with van der Waals surface area (Å²) in [7, 11) is 2.15. The number of benzene rings is 1. The number of likely N-dealkylation sites (tertiary alicyclic amines) is 1. The summed E-state index contributed by atoms with van der Waals surface area (Å²) in [6, 6.07) is 8.14. The summed E-state index contributed by atoms with van der Waals surface area (Å²) in [5.74, 6) is 0.625. The normalized spacial score (nSPS) is 17.7. The molecule has 0 saturated carbocycles. The van der Waals surface area contributed by atoms with Gasteiger partial charge in [-0.15, -0.1) is 5.10 Å². The van der Waals surface area contributed by atoms with Gasteiger partial charge in [0, 0.05) is 24.8 Å². The molecule has 3 aromatic heterocycles. The van der Waals surface area contributed by atoms with Gasteiger partial charge in [-0.2, -0.15) is 14.8 Å². The first-order valence-corrected chi connectivity index (χ1v) is 11.6. The van der Waals surface area contributed by atoms with Crippen molar-refractivity contribution in [3.05, 3.63) is 42.9 Å². The monoisotopic (exact) mass is 458 g/mol. The van der Waals surface area contributed by atoms with Crippen molar-refractivity contribution in [3.8, 4) is 5.69 Å². The molecule has 0 radical (unpaired) electrons. The van der Waals surface area contributed by atoms with E-state index in [0.717, 1.165) is 56.0 Å². The van der Waals surface area contributed by atoms with Crippen molar-refractivity contribution in [3.63, 3.8) is 0 Å². The highest BCUT2D eigenvalue weighted by Gasteiger charge is 2.22. The molecule has 6 rings (SSSR count). The quantitative estimate of drug-likeness (QED) is 0.486. The molecule has 1 aromatic carbocycles. The lowest BCUT2D eigenvalue weighted by Crippen LogP contribution is -2.31. The first-order valence-electron chi connectivity index (χ1n) is 11.6. The largest absolute Gasteiger partial charge is 0.321 e. The van der Waals surface area contributed by atoms with Crippen molar-refractivity contribution in [1.29, 1.82) is 0 Å². The Morgan fingerprint density at radius 2 is 1.82 bits per heavy atom. The van der Waals surface area contributed by atoms with Crippen LogP contribution in [0.1, 0.15) is 31.7 Å². The molecule has 1 N–H and O–H groups in total. The highest BCUT2D eigenvalue weighted by Crippen LogP contribution is 2.25. The van der Waals surface area contributed by atoms with Crippen LogP contribution in [0.2, 0.25) is 0 Å². The third-order valence-electron chi connectivity index (χ3n) is 6.59. The van der Waals surface area contributed by atoms with Gasteiger partial charge in [-0.25, -0.2) is 4.98 Å². The third kappa shape index (κ3) is 3.87. The first kappa shape index (κ1) is 20.7. The second kappa shape index (κ2) is 8.49. The minimum atomic E-state index is 0.168. The molecule has 4 aromatic rings. The number of anilines is 3. The van der Waals surface area contributed by atoms with Gasteiger partial charge in [0.2, 0.25) is 11.9 Å². The highest BCUT2D eigenvalue weighted by molar-refractivity contribution is 5.95. The van der Waals surface area contributed by atoms with Crippen LogP contribution in [0.25, 0.3) is 16.9 Å². The van der Waals surface area contributed by atoms with E-state index in [9.17, 15) is 4.79 Å². The summed E-state index contributed by atoms with van der Waals surface area (Å²) in [4.78, 5) is 25.2. The number of carbonyl (C=O) groups excluding carboxylic acids is 1. The van der Waals surface area contributed by atoms with Crippen LogP contribution in [0.3, 0.4) is 0 Å². The van der Waals surface area contributed by atoms with Gasteiger partial charge in [-0.05, 0) is 63.7 Å². The Labute approximate surface area is 196 Å². The van der Waals surface area contributed by atoms with Gasteiger partial charge in [0.25, 0.3) is 0 Å². The van der Waals surface area contributed by atoms with E-state index in [1.807, 2.05) is 40.0 Å². The fourth-order valence-electron chi connectivity index (χ4n) is 4.65. The van der Waals surface area contributed by atoms with Gasteiger partial charge in [-0.1, -0.05) is 5.21 Å². The number of carbonyl (C=O) groups is 1. The number of nitrogens with zero attached hydrogens (tertiary/aromatic N) is 9. The zero-order valence-electron chi connectivity index (χ0n) is 19.0. The first-order chi connectivity index (χ1) is 16.6. The van der Waals surface area contributed by atoms with Crippen LogP contribution < -0.4 is 10.2 Å². The Morgan fingerprint density at radius 1 is 1.03 bits per heavy atom. The van der Waals surface area contributed by atoms with E-state index in [2.05, 4.69) is 42.6 Å². The van der Waals surface area contributed by atoms with Gasteiger partial charge in [0.05, 0.1) is 29.8 Å². The zero-order valence-corrected chi connectivity index (χ0v) is 19.0. The lowest BCUT2D eigenvalue weighted by molar-refractivity contribution is -0.117. The highest BCUT2D eigenvalue weighted by atomic mass is 16.2. The molecule has 5 heterocycles. The van der Waals surface area contributed by atoms with E-state index in [1.165, 1.54) is 0 Å². The molecule has 34 heavy (non-hydrogen) atoms. The van der Waals surface area contributed by atoms with Crippen LogP contribution in [0, 0.1) is 0 Å². The molecule has 2 fully saturated rings. The average molecular weight is 459 g/mol. The Morgan fingerprint density at radius 3 is 2.59 bits per heavy atom. The maximum Gasteiger partial charge on any atom is 0.229 e. The predicted molar refractivity (Wildman–Crippen MR) is 127 cm³/mol. The molecular formula is C23H26N10O. The average Bonchev–Trinajstić information content (AvgIpc) is 3.60. The Kier molecular flexibility index (Phi) is 5.17. The Balaban J connectivity index is 1.22. The zero-order chi connectivity index (χ0) is 23.1. The predicted octanol–water partition coefficient (Wildman–Crippen LogP) is 2.54. The van der Waals surface area contributed by atoms with E-state index in [-0.39, 0.29) is 5.91 Å². The number of piperidine rings is 1. The number of amides is 1. The topological polar surface area (TPSA) is 110 Å². The number of rotatable bonds is 5. The standard InChI is InChI=1S/C23H26N10O/c1-30-11-8-18(9-12-30)32-15-16(13-25-32)26-23-24-14-20-22(27-23)33(29-28-20)19-6-4-17(5-7-19)31-10-2-3-21(31)34/h4-7,13-15,18H,2-3,8-12H2,1H3,(H,24,26,27). The van der Waals surface area contributed by atoms with E-state index in [1.54, 1.807) is 17.1 Å². The van der Waals surface area contributed by atoms with Crippen molar-refractivity contribution in [2.45, 2.75) is 31.7 Å². The molecular weight excluding hydrogens is 432 g/mol. The second-order valence-corrected chi connectivity index (χ2v) is 8.94. The van der Waals surface area contributed by atoms with Crippen molar-refractivity contribution in [1.82, 2.24) is 39.6 Å². The third-order valence-corrected chi connectivity index (χ3v) is 6.59. The van der Waals surface area contributed by atoms with E-state index >= 15 is 0 Å². The van der Waals surface area contributed by atoms with Crippen LogP contribution in [-0.4, -0.2) is 72.2 Å². The molecule has 0 unspecified atom stereocenters. The molecule has 1 amide bonds. The number of hydrogen-bond acceptors (Lipinski definition) is 8. The molecule has 11 nitrogen and oxygen atoms in total. The molecule has 174 valence electrons. The molecule has 2 aliphatic rings. The van der Waals surface area contributed by atoms with Crippen LogP contribution in [-0.2, 0) is 4.79 Å². The minimum absolute atomic E-state index is 0.168. The lowest BCUT2D eigenvalue weighted by Gasteiger charge is -2.28. The van der Waals surface area contributed by atoms with Crippen molar-refractivity contribution < 1.29 is 4.79 Å². The molecule has 11 heteroatoms. The summed E-state index contributed by atoms with van der Waals surface area (Å²) in [5.41, 5.74) is 3.76. The van der Waals surface area contributed by atoms with Gasteiger partial charge in [0.1, 0.15) is 0 Å². The summed E-state index contributed by atoms with van der Waals surface area (Å²) in [6.45, 7) is 2.93. The van der Waals surface area contributed by atoms with Crippen molar-refractivity contribution in [2.24, 2.45) is 0 Å². The fraction of sp³-hybridized carbons (Fsp3) is 0.391. The lowest BCUT2D eigenvalue weighted by atomic mass is 10.1. The smallest absolute Gasteiger partial charge is 0.229 e. The van der Waals surface area contributed by atoms with Crippen LogP contribution >= 0.6 is 0 Å². The summed E-state index contributed by atoms with van der Waals surface area (Å²) < 4.78 is 3.71. The number of nitrogens with one attached hydrogen (secondary N) is 1. The van der Waals surface area contributed by atoms with E-state index < -0.39 is 0 Å². The van der Waals surface area contributed by atoms with E-state index in [0.29, 0.717) is 29.6 Å². The molecule has 0 atom stereocenters. The molecule has 0 spiro atoms. The fourth-order valence-corrected chi connectivity index (χ4v) is 4.65. The number of hydrogen-bond donors (Lipinski definition) is 1. The Hall–Kier alpha value is -3.86. The molecule has 0 aliphatic carbocycles. The van der Waals surface area contributed by atoms with Gasteiger partial charge in [0.15, 0.2) is 11.2 Å². The second-order valence-electron chi connectivity index (χ2n) is 8.94. The van der Waals surface area contributed by atoms with Crippen molar-refractivity contribution in [2.75, 3.05) is 36.9 Å². The Bertz CT molecular complexity index is 1320. The van der Waals surface area contributed by atoms with Gasteiger partial charge in [-0.3, -0.25) is 9.48 Å². The molecule has 0 bridgehead atoms. The van der Waals surface area contributed by atoms with Crippen LogP contribution in [0.15, 0.2) is 42.9 Å². The van der Waals surface area contributed by atoms with Crippen molar-refractivity contribution >= 4 is 34.4 Å². The van der Waals surface area contributed by atoms with Gasteiger partial charge < -0.3 is 15.1 Å². The molecule has 2 aliphatic heterocycles. The number of aromatic nitrogens is 7. The summed E-state index contributed by atoms with van der Waals surface area (Å²) in [5, 5.41) is 16.3. The van der Waals surface area contributed by atoms with Crippen LogP contribution in [0.4, 0.5) is 17.3 Å². The van der Waals surface area contributed by atoms with Gasteiger partial charge >= 0.3 is 0 Å². The minimum Gasteiger partial charge on any atom is -0.321 e. The maximum atomic E-state index is 12.0. The van der Waals surface area contributed by atoms with Crippen LogP contribution in [0.5, 0.6) is 0 Å². The SMILES string of the molecule is CN1CCC(n2cc(Nc3ncc4nnn(-c5ccc(N6CCCC6=O)cc5)c4n3)cn2)CC1. The number of fused-ring (bicyclic) bond motifs is 1.